The summed E-state index contributed by atoms with van der Waals surface area (Å²) in [5, 5.41) is 2.94. The summed E-state index contributed by atoms with van der Waals surface area (Å²) < 4.78 is 32.5. The van der Waals surface area contributed by atoms with E-state index in [0.29, 0.717) is 18.9 Å². The first-order chi connectivity index (χ1) is 14.2. The van der Waals surface area contributed by atoms with E-state index < -0.39 is 42.6 Å². The number of cyclic esters (lactones) is 2. The molecule has 1 saturated carbocycles. The molecule has 2 aliphatic rings. The van der Waals surface area contributed by atoms with Gasteiger partial charge in [-0.15, -0.1) is 0 Å². The Morgan fingerprint density at radius 1 is 1.23 bits per heavy atom. The van der Waals surface area contributed by atoms with Crippen molar-refractivity contribution < 1.29 is 38.0 Å². The zero-order chi connectivity index (χ0) is 22.1. The van der Waals surface area contributed by atoms with Crippen LogP contribution in [-0.4, -0.2) is 62.9 Å². The van der Waals surface area contributed by atoms with Crippen LogP contribution in [0.2, 0.25) is 0 Å². The first kappa shape index (κ1) is 24.7. The molecule has 0 aromatic carbocycles. The molecule has 0 bridgehead atoms. The van der Waals surface area contributed by atoms with Crippen molar-refractivity contribution in [3.63, 3.8) is 0 Å². The lowest BCUT2D eigenvalue weighted by Crippen LogP contribution is -2.54. The predicted molar refractivity (Wildman–Crippen MR) is 108 cm³/mol. The van der Waals surface area contributed by atoms with Gasteiger partial charge in [0.1, 0.15) is 18.3 Å². The molecule has 1 aliphatic heterocycles. The average Bonchev–Trinajstić information content (AvgIpc) is 3.10. The van der Waals surface area contributed by atoms with Crippen LogP contribution in [-0.2, 0) is 28.4 Å². The minimum absolute atomic E-state index is 0.0310. The maximum Gasteiger partial charge on any atom is 0.508 e. The van der Waals surface area contributed by atoms with Crippen LogP contribution >= 0.6 is 0 Å². The van der Waals surface area contributed by atoms with Gasteiger partial charge in [-0.1, -0.05) is 32.1 Å². The zero-order valence-electron chi connectivity index (χ0n) is 18.8. The SMILES string of the molecule is CCOC(OC)OC([C@H](CC1CCCCC1)NC(=O)OC(C)(C)C)[C@@H]1COC(=O)O1. The van der Waals surface area contributed by atoms with Crippen molar-refractivity contribution in [3.8, 4) is 0 Å². The second-order valence-corrected chi connectivity index (χ2v) is 8.79. The van der Waals surface area contributed by atoms with Crippen molar-refractivity contribution in [1.82, 2.24) is 5.32 Å². The molecule has 4 atom stereocenters. The van der Waals surface area contributed by atoms with Gasteiger partial charge >= 0.3 is 12.2 Å². The van der Waals surface area contributed by atoms with E-state index >= 15 is 0 Å². The summed E-state index contributed by atoms with van der Waals surface area (Å²) in [7, 11) is 1.46. The third-order valence-corrected chi connectivity index (χ3v) is 5.15. The van der Waals surface area contributed by atoms with Gasteiger partial charge in [-0.05, 0) is 40.0 Å². The van der Waals surface area contributed by atoms with E-state index in [1.54, 1.807) is 20.8 Å². The fourth-order valence-electron chi connectivity index (χ4n) is 3.89. The highest BCUT2D eigenvalue weighted by atomic mass is 16.8. The Morgan fingerprint density at radius 2 is 1.93 bits per heavy atom. The van der Waals surface area contributed by atoms with Gasteiger partial charge in [0.25, 0.3) is 6.48 Å². The molecule has 1 aliphatic carbocycles. The zero-order valence-corrected chi connectivity index (χ0v) is 18.8. The molecule has 1 heterocycles. The molecular weight excluding hydrogens is 394 g/mol. The van der Waals surface area contributed by atoms with E-state index in [1.165, 1.54) is 13.5 Å². The molecule has 2 unspecified atom stereocenters. The van der Waals surface area contributed by atoms with Crippen LogP contribution in [0.25, 0.3) is 0 Å². The number of carbonyl (C=O) groups is 2. The lowest BCUT2D eigenvalue weighted by Gasteiger charge is -2.35. The van der Waals surface area contributed by atoms with Crippen LogP contribution in [0.1, 0.15) is 66.2 Å². The molecule has 0 aromatic heterocycles. The molecule has 2 fully saturated rings. The second kappa shape index (κ2) is 11.7. The summed E-state index contributed by atoms with van der Waals surface area (Å²) in [5.41, 5.74) is -0.640. The monoisotopic (exact) mass is 431 g/mol. The van der Waals surface area contributed by atoms with Crippen molar-refractivity contribution in [1.29, 1.82) is 0 Å². The van der Waals surface area contributed by atoms with Gasteiger partial charge in [-0.2, -0.15) is 0 Å². The molecule has 1 saturated heterocycles. The number of amides is 1. The number of hydrogen-bond acceptors (Lipinski definition) is 8. The number of hydrogen-bond donors (Lipinski definition) is 1. The maximum atomic E-state index is 12.6. The molecule has 30 heavy (non-hydrogen) atoms. The fraction of sp³-hybridized carbons (Fsp3) is 0.905. The third-order valence-electron chi connectivity index (χ3n) is 5.15. The van der Waals surface area contributed by atoms with E-state index in [-0.39, 0.29) is 6.61 Å². The Kier molecular flexibility index (Phi) is 9.64. The van der Waals surface area contributed by atoms with E-state index in [0.717, 1.165) is 25.7 Å². The van der Waals surface area contributed by atoms with Gasteiger partial charge in [0.05, 0.1) is 6.04 Å². The topological polar surface area (TPSA) is 102 Å². The van der Waals surface area contributed by atoms with Crippen molar-refractivity contribution in [2.45, 2.75) is 96.5 Å². The smallest absolute Gasteiger partial charge is 0.444 e. The number of rotatable bonds is 10. The number of alkyl carbamates (subject to hydrolysis) is 1. The van der Waals surface area contributed by atoms with Crippen LogP contribution < -0.4 is 5.32 Å². The largest absolute Gasteiger partial charge is 0.508 e. The summed E-state index contributed by atoms with van der Waals surface area (Å²) in [6, 6.07) is -0.472. The Hall–Kier alpha value is -1.58. The quantitative estimate of drug-likeness (QED) is 0.412. The van der Waals surface area contributed by atoms with E-state index in [1.807, 2.05) is 6.92 Å². The van der Waals surface area contributed by atoms with Crippen molar-refractivity contribution in [2.24, 2.45) is 5.92 Å². The summed E-state index contributed by atoms with van der Waals surface area (Å²) in [4.78, 5) is 24.2. The fourth-order valence-corrected chi connectivity index (χ4v) is 3.89. The minimum Gasteiger partial charge on any atom is -0.444 e. The van der Waals surface area contributed by atoms with Crippen LogP contribution in [0.5, 0.6) is 0 Å². The van der Waals surface area contributed by atoms with Crippen molar-refractivity contribution in [2.75, 3.05) is 20.3 Å². The standard InChI is InChI=1S/C21H37NO8/c1-6-26-20(25-5)29-17(16-13-27-19(24)28-16)15(12-14-10-8-7-9-11-14)22-18(23)30-21(2,3)4/h14-17,20H,6-13H2,1-5H3,(H,22,23)/t15-,16-,17?,20?/m0/s1. The molecular formula is C21H37NO8. The highest BCUT2D eigenvalue weighted by Crippen LogP contribution is 2.30. The molecule has 1 amide bonds. The summed E-state index contributed by atoms with van der Waals surface area (Å²) in [6.45, 7) is 6.68. The molecule has 174 valence electrons. The van der Waals surface area contributed by atoms with Gasteiger partial charge in [-0.25, -0.2) is 9.59 Å². The molecule has 9 heteroatoms. The summed E-state index contributed by atoms with van der Waals surface area (Å²) >= 11 is 0. The highest BCUT2D eigenvalue weighted by Gasteiger charge is 2.42. The lowest BCUT2D eigenvalue weighted by atomic mass is 9.83. The normalized spacial score (nSPS) is 23.2. The molecule has 0 spiro atoms. The van der Waals surface area contributed by atoms with E-state index in [2.05, 4.69) is 5.32 Å². The van der Waals surface area contributed by atoms with Gasteiger partial charge in [-0.3, -0.25) is 0 Å². The maximum absolute atomic E-state index is 12.6. The number of nitrogens with one attached hydrogen (secondary N) is 1. The third kappa shape index (κ3) is 8.28. The van der Waals surface area contributed by atoms with Crippen LogP contribution in [0.4, 0.5) is 9.59 Å². The average molecular weight is 432 g/mol. The predicted octanol–water partition coefficient (Wildman–Crippen LogP) is 3.74. The molecule has 0 aromatic rings. The van der Waals surface area contributed by atoms with Crippen LogP contribution in [0.15, 0.2) is 0 Å². The van der Waals surface area contributed by atoms with Crippen molar-refractivity contribution in [3.05, 3.63) is 0 Å². The van der Waals surface area contributed by atoms with Crippen LogP contribution in [0, 0.1) is 5.92 Å². The Morgan fingerprint density at radius 3 is 2.47 bits per heavy atom. The van der Waals surface area contributed by atoms with Crippen LogP contribution in [0.3, 0.4) is 0 Å². The first-order valence-electron chi connectivity index (χ1n) is 10.8. The summed E-state index contributed by atoms with van der Waals surface area (Å²) in [5.74, 6) is 0.427. The summed E-state index contributed by atoms with van der Waals surface area (Å²) in [6.07, 6.45) is 3.67. The number of carbonyl (C=O) groups excluding carboxylic acids is 2. The Labute approximate surface area is 179 Å². The van der Waals surface area contributed by atoms with Gasteiger partial charge in [0.2, 0.25) is 0 Å². The van der Waals surface area contributed by atoms with Gasteiger partial charge in [0.15, 0.2) is 6.10 Å². The number of ether oxygens (including phenoxy) is 6. The van der Waals surface area contributed by atoms with Crippen molar-refractivity contribution >= 4 is 12.2 Å². The Bertz CT molecular complexity index is 544. The lowest BCUT2D eigenvalue weighted by molar-refractivity contribution is -0.304. The second-order valence-electron chi connectivity index (χ2n) is 8.79. The number of methoxy groups -OCH3 is 1. The van der Waals surface area contributed by atoms with Gasteiger partial charge in [0, 0.05) is 13.7 Å². The minimum atomic E-state index is -0.964. The first-order valence-corrected chi connectivity index (χ1v) is 10.8. The molecule has 2 rings (SSSR count). The molecule has 9 nitrogen and oxygen atoms in total. The Balaban J connectivity index is 2.21. The molecule has 0 radical (unpaired) electrons. The highest BCUT2D eigenvalue weighted by molar-refractivity contribution is 5.68. The van der Waals surface area contributed by atoms with E-state index in [9.17, 15) is 9.59 Å². The van der Waals surface area contributed by atoms with Gasteiger partial charge < -0.3 is 33.7 Å². The van der Waals surface area contributed by atoms with E-state index in [4.69, 9.17) is 28.4 Å². The molecule has 1 N–H and O–H groups in total.